The number of nitrogens with zero attached hydrogens (tertiary/aromatic N) is 2. The van der Waals surface area contributed by atoms with Crippen LogP contribution in [0.4, 0.5) is 0 Å². The number of rotatable bonds is 6. The molecule has 2 N–H and O–H groups in total. The number of sulfonamides is 1. The predicted molar refractivity (Wildman–Crippen MR) is 79.1 cm³/mol. The van der Waals surface area contributed by atoms with E-state index in [2.05, 4.69) is 21.5 Å². The first kappa shape index (κ1) is 16.3. The Morgan fingerprint density at radius 3 is 2.81 bits per heavy atom. The van der Waals surface area contributed by atoms with E-state index in [0.29, 0.717) is 6.54 Å². The molecule has 7 nitrogen and oxygen atoms in total. The third-order valence-corrected chi connectivity index (χ3v) is 6.41. The van der Waals surface area contributed by atoms with E-state index in [1.807, 2.05) is 0 Å². The Morgan fingerprint density at radius 2 is 2.19 bits per heavy atom. The van der Waals surface area contributed by atoms with Crippen molar-refractivity contribution in [3.05, 3.63) is 11.2 Å². The highest BCUT2D eigenvalue weighted by molar-refractivity contribution is 7.91. The quantitative estimate of drug-likeness (QED) is 0.801. The summed E-state index contributed by atoms with van der Waals surface area (Å²) < 4.78 is 26.4. The van der Waals surface area contributed by atoms with Crippen molar-refractivity contribution in [2.24, 2.45) is 5.92 Å². The molecule has 0 amide bonds. The third-order valence-electron chi connectivity index (χ3n) is 3.58. The smallest absolute Gasteiger partial charge is 0.356 e. The third kappa shape index (κ3) is 4.22. The molecule has 0 atom stereocenters. The highest BCUT2D eigenvalue weighted by Crippen LogP contribution is 2.20. The number of aromatic nitrogens is 1. The van der Waals surface area contributed by atoms with E-state index >= 15 is 0 Å². The number of carbonyl (C=O) groups is 1. The van der Waals surface area contributed by atoms with Crippen molar-refractivity contribution in [1.29, 1.82) is 0 Å². The molecule has 0 spiro atoms. The average molecular weight is 333 g/mol. The minimum Gasteiger partial charge on any atom is -0.476 e. The van der Waals surface area contributed by atoms with Crippen LogP contribution in [-0.2, 0) is 10.0 Å². The fourth-order valence-electron chi connectivity index (χ4n) is 2.26. The minimum atomic E-state index is -3.81. The molecule has 118 valence electrons. The maximum absolute atomic E-state index is 12.1. The highest BCUT2D eigenvalue weighted by atomic mass is 32.2. The highest BCUT2D eigenvalue weighted by Gasteiger charge is 2.25. The monoisotopic (exact) mass is 333 g/mol. The van der Waals surface area contributed by atoms with Gasteiger partial charge in [-0.15, -0.1) is 11.3 Å². The topological polar surface area (TPSA) is 99.6 Å². The van der Waals surface area contributed by atoms with Gasteiger partial charge in [-0.1, -0.05) is 6.92 Å². The van der Waals surface area contributed by atoms with Crippen LogP contribution in [0.5, 0.6) is 0 Å². The van der Waals surface area contributed by atoms with Gasteiger partial charge in [0.15, 0.2) is 9.90 Å². The van der Waals surface area contributed by atoms with Gasteiger partial charge < -0.3 is 10.0 Å². The van der Waals surface area contributed by atoms with Crippen LogP contribution < -0.4 is 4.72 Å². The molecule has 2 heterocycles. The molecule has 0 aromatic carbocycles. The van der Waals surface area contributed by atoms with Gasteiger partial charge in [0.2, 0.25) is 0 Å². The lowest BCUT2D eigenvalue weighted by Crippen LogP contribution is -2.39. The second-order valence-electron chi connectivity index (χ2n) is 5.22. The molecule has 0 bridgehead atoms. The number of carboxylic acids is 1. The standard InChI is InChI=1S/C12H19N3O4S2/c1-9-2-5-15(6-3-9)7-4-14-21(18,19)12-10(11(16)17)13-8-20-12/h8-9,14H,2-7H2,1H3,(H,16,17). The zero-order valence-electron chi connectivity index (χ0n) is 11.8. The van der Waals surface area contributed by atoms with E-state index in [1.165, 1.54) is 5.51 Å². The van der Waals surface area contributed by atoms with Crippen LogP contribution >= 0.6 is 11.3 Å². The summed E-state index contributed by atoms with van der Waals surface area (Å²) in [6, 6.07) is 0. The number of nitrogens with one attached hydrogen (secondary N) is 1. The van der Waals surface area contributed by atoms with Crippen molar-refractivity contribution >= 4 is 27.3 Å². The Morgan fingerprint density at radius 1 is 1.52 bits per heavy atom. The van der Waals surface area contributed by atoms with E-state index in [4.69, 9.17) is 5.11 Å². The van der Waals surface area contributed by atoms with E-state index in [1.54, 1.807) is 0 Å². The van der Waals surface area contributed by atoms with Gasteiger partial charge in [-0.2, -0.15) is 0 Å². The van der Waals surface area contributed by atoms with Gasteiger partial charge in [-0.3, -0.25) is 0 Å². The SMILES string of the molecule is CC1CCN(CCNS(=O)(=O)c2scnc2C(=O)O)CC1. The lowest BCUT2D eigenvalue weighted by molar-refractivity contribution is 0.0687. The van der Waals surface area contributed by atoms with Gasteiger partial charge in [0.1, 0.15) is 0 Å². The molecule has 0 saturated carbocycles. The average Bonchev–Trinajstić information content (AvgIpc) is 2.91. The Labute approximate surface area is 128 Å². The van der Waals surface area contributed by atoms with Gasteiger partial charge in [-0.05, 0) is 31.8 Å². The van der Waals surface area contributed by atoms with E-state index in [9.17, 15) is 13.2 Å². The molecular formula is C12H19N3O4S2. The summed E-state index contributed by atoms with van der Waals surface area (Å²) in [6.07, 6.45) is 2.26. The minimum absolute atomic E-state index is 0.234. The molecular weight excluding hydrogens is 314 g/mol. The molecule has 1 aliphatic heterocycles. The van der Waals surface area contributed by atoms with Crippen molar-refractivity contribution in [3.63, 3.8) is 0 Å². The molecule has 0 radical (unpaired) electrons. The van der Waals surface area contributed by atoms with E-state index < -0.39 is 21.7 Å². The van der Waals surface area contributed by atoms with Crippen molar-refractivity contribution in [2.75, 3.05) is 26.2 Å². The van der Waals surface area contributed by atoms with Crippen LogP contribution in [0, 0.1) is 5.92 Å². The summed E-state index contributed by atoms with van der Waals surface area (Å²) in [5.41, 5.74) is 0.809. The number of piperidine rings is 1. The van der Waals surface area contributed by atoms with Gasteiger partial charge in [0.05, 0.1) is 5.51 Å². The van der Waals surface area contributed by atoms with Gasteiger partial charge >= 0.3 is 5.97 Å². The zero-order valence-corrected chi connectivity index (χ0v) is 13.4. The molecule has 1 aliphatic rings. The van der Waals surface area contributed by atoms with Crippen LogP contribution in [0.25, 0.3) is 0 Å². The van der Waals surface area contributed by atoms with Crippen molar-refractivity contribution in [3.8, 4) is 0 Å². The maximum Gasteiger partial charge on any atom is 0.356 e. The Hall–Kier alpha value is -1.03. The van der Waals surface area contributed by atoms with Crippen LogP contribution in [-0.4, -0.2) is 55.6 Å². The maximum atomic E-state index is 12.1. The molecule has 0 aliphatic carbocycles. The summed E-state index contributed by atoms with van der Waals surface area (Å²) in [7, 11) is -3.81. The molecule has 9 heteroatoms. The molecule has 1 aromatic heterocycles. The largest absolute Gasteiger partial charge is 0.476 e. The number of hydrogen-bond donors (Lipinski definition) is 2. The van der Waals surface area contributed by atoms with Crippen LogP contribution in [0.15, 0.2) is 9.72 Å². The summed E-state index contributed by atoms with van der Waals surface area (Å²) in [6.45, 7) is 5.08. The van der Waals surface area contributed by atoms with E-state index in [0.717, 1.165) is 43.2 Å². The van der Waals surface area contributed by atoms with Gasteiger partial charge in [-0.25, -0.2) is 22.9 Å². The number of aromatic carboxylic acids is 1. The predicted octanol–water partition coefficient (Wildman–Crippen LogP) is 0.851. The lowest BCUT2D eigenvalue weighted by atomic mass is 9.99. The van der Waals surface area contributed by atoms with Crippen LogP contribution in [0.2, 0.25) is 0 Å². The van der Waals surface area contributed by atoms with Gasteiger partial charge in [0.25, 0.3) is 10.0 Å². The van der Waals surface area contributed by atoms with Crippen molar-refractivity contribution < 1.29 is 18.3 Å². The Balaban J connectivity index is 1.90. The summed E-state index contributed by atoms with van der Waals surface area (Å²) in [5, 5.41) is 8.92. The van der Waals surface area contributed by atoms with E-state index in [-0.39, 0.29) is 10.8 Å². The molecule has 1 saturated heterocycles. The summed E-state index contributed by atoms with van der Waals surface area (Å²) >= 11 is 0.815. The molecule has 1 fully saturated rings. The number of carboxylic acid groups (broad SMARTS) is 1. The fraction of sp³-hybridized carbons (Fsp3) is 0.667. The van der Waals surface area contributed by atoms with Crippen molar-refractivity contribution in [2.45, 2.75) is 24.0 Å². The molecule has 2 rings (SSSR count). The number of thiazole rings is 1. The lowest BCUT2D eigenvalue weighted by Gasteiger charge is -2.30. The summed E-state index contributed by atoms with van der Waals surface area (Å²) in [5.74, 6) is -0.602. The normalized spacial score (nSPS) is 18.0. The molecule has 21 heavy (non-hydrogen) atoms. The second-order valence-corrected chi connectivity index (χ2v) is 8.03. The fourth-order valence-corrected chi connectivity index (χ4v) is 4.46. The van der Waals surface area contributed by atoms with Crippen LogP contribution in [0.1, 0.15) is 30.3 Å². The first-order chi connectivity index (χ1) is 9.90. The number of likely N-dealkylation sites (tertiary alicyclic amines) is 1. The Kier molecular flexibility index (Phi) is 5.31. The van der Waals surface area contributed by atoms with Crippen LogP contribution in [0.3, 0.4) is 0 Å². The molecule has 0 unspecified atom stereocenters. The first-order valence-electron chi connectivity index (χ1n) is 6.79. The first-order valence-corrected chi connectivity index (χ1v) is 9.15. The second kappa shape index (κ2) is 6.82. The number of hydrogen-bond acceptors (Lipinski definition) is 6. The zero-order chi connectivity index (χ0) is 15.5. The van der Waals surface area contributed by atoms with Crippen molar-refractivity contribution in [1.82, 2.24) is 14.6 Å². The van der Waals surface area contributed by atoms with Gasteiger partial charge in [0, 0.05) is 13.1 Å². The molecule has 1 aromatic rings. The summed E-state index contributed by atoms with van der Waals surface area (Å²) in [4.78, 5) is 16.7. The Bertz CT molecular complexity index is 591.